The largest absolute Gasteiger partial charge is 0.368 e. The van der Waals surface area contributed by atoms with Crippen LogP contribution in [-0.4, -0.2) is 27.9 Å². The minimum Gasteiger partial charge on any atom is -0.368 e. The van der Waals surface area contributed by atoms with Gasteiger partial charge >= 0.3 is 0 Å². The molecule has 3 N–H and O–H groups in total. The summed E-state index contributed by atoms with van der Waals surface area (Å²) in [6, 6.07) is 0. The number of anilines is 1. The van der Waals surface area contributed by atoms with Crippen LogP contribution in [0.2, 0.25) is 0 Å². The number of nitrogen functional groups attached to an aromatic ring is 1. The molecule has 84 valence electrons. The van der Waals surface area contributed by atoms with E-state index in [1.165, 1.54) is 19.3 Å². The Balaban J connectivity index is 1.81. The highest BCUT2D eigenvalue weighted by Gasteiger charge is 2.14. The van der Waals surface area contributed by atoms with Crippen molar-refractivity contribution in [1.82, 2.24) is 20.1 Å². The fraction of sp³-hybridized carbons (Fsp3) is 0.800. The Bertz CT molecular complexity index is 294. The highest BCUT2D eigenvalue weighted by Crippen LogP contribution is 2.17. The molecule has 15 heavy (non-hydrogen) atoms. The van der Waals surface area contributed by atoms with Gasteiger partial charge in [0.25, 0.3) is 0 Å². The number of piperidine rings is 1. The summed E-state index contributed by atoms with van der Waals surface area (Å²) >= 11 is 0. The summed E-state index contributed by atoms with van der Waals surface area (Å²) in [4.78, 5) is 4.21. The molecule has 0 spiro atoms. The van der Waals surface area contributed by atoms with Gasteiger partial charge in [-0.2, -0.15) is 10.1 Å². The Morgan fingerprint density at radius 1 is 1.47 bits per heavy atom. The molecule has 0 amide bonds. The normalized spacial score (nSPS) is 18.2. The molecule has 0 radical (unpaired) electrons. The van der Waals surface area contributed by atoms with Crippen molar-refractivity contribution < 1.29 is 0 Å². The summed E-state index contributed by atoms with van der Waals surface area (Å²) in [5.41, 5.74) is 5.63. The van der Waals surface area contributed by atoms with Gasteiger partial charge in [-0.25, -0.2) is 4.68 Å². The second kappa shape index (κ2) is 4.61. The van der Waals surface area contributed by atoms with Gasteiger partial charge in [0.2, 0.25) is 5.95 Å². The predicted octanol–water partition coefficient (Wildman–Crippen LogP) is 0.330. The first-order valence-electron chi connectivity index (χ1n) is 5.62. The topological polar surface area (TPSA) is 68.8 Å². The third kappa shape index (κ3) is 2.68. The maximum atomic E-state index is 5.63. The van der Waals surface area contributed by atoms with Gasteiger partial charge in [0.05, 0.1) is 0 Å². The summed E-state index contributed by atoms with van der Waals surface area (Å²) in [6.45, 7) is 2.31. The van der Waals surface area contributed by atoms with Crippen molar-refractivity contribution in [2.24, 2.45) is 13.0 Å². The predicted molar refractivity (Wildman–Crippen MR) is 59.3 cm³/mol. The Hall–Kier alpha value is -1.10. The van der Waals surface area contributed by atoms with E-state index >= 15 is 0 Å². The summed E-state index contributed by atoms with van der Waals surface area (Å²) in [7, 11) is 1.83. The van der Waals surface area contributed by atoms with Gasteiger partial charge in [-0.1, -0.05) is 0 Å². The zero-order valence-electron chi connectivity index (χ0n) is 9.24. The van der Waals surface area contributed by atoms with Crippen LogP contribution in [0.15, 0.2) is 0 Å². The fourth-order valence-electron chi connectivity index (χ4n) is 2.06. The Morgan fingerprint density at radius 2 is 2.20 bits per heavy atom. The molecule has 0 aromatic carbocycles. The summed E-state index contributed by atoms with van der Waals surface area (Å²) < 4.78 is 1.64. The van der Waals surface area contributed by atoms with E-state index in [2.05, 4.69) is 15.4 Å². The van der Waals surface area contributed by atoms with Crippen molar-refractivity contribution in [2.45, 2.75) is 25.7 Å². The maximum Gasteiger partial charge on any atom is 0.218 e. The van der Waals surface area contributed by atoms with Crippen LogP contribution in [0.5, 0.6) is 0 Å². The lowest BCUT2D eigenvalue weighted by Crippen LogP contribution is -2.27. The summed E-state index contributed by atoms with van der Waals surface area (Å²) in [5.74, 6) is 2.22. The molecule has 0 atom stereocenters. The molecule has 5 heteroatoms. The lowest BCUT2D eigenvalue weighted by molar-refractivity contribution is 0.352. The molecule has 1 aromatic heterocycles. The van der Waals surface area contributed by atoms with Crippen LogP contribution in [-0.2, 0) is 13.5 Å². The van der Waals surface area contributed by atoms with Crippen LogP contribution >= 0.6 is 0 Å². The highest BCUT2D eigenvalue weighted by molar-refractivity contribution is 5.15. The van der Waals surface area contributed by atoms with Gasteiger partial charge in [0.1, 0.15) is 0 Å². The minimum absolute atomic E-state index is 0.510. The quantitative estimate of drug-likeness (QED) is 0.752. The number of rotatable bonds is 3. The van der Waals surface area contributed by atoms with Crippen LogP contribution in [0.3, 0.4) is 0 Å². The van der Waals surface area contributed by atoms with E-state index in [1.54, 1.807) is 4.68 Å². The molecule has 1 aliphatic heterocycles. The Labute approximate surface area is 90.1 Å². The third-order valence-corrected chi connectivity index (χ3v) is 3.08. The van der Waals surface area contributed by atoms with Crippen LogP contribution in [0, 0.1) is 5.92 Å². The van der Waals surface area contributed by atoms with Crippen molar-refractivity contribution in [1.29, 1.82) is 0 Å². The molecule has 5 nitrogen and oxygen atoms in total. The summed E-state index contributed by atoms with van der Waals surface area (Å²) in [5, 5.41) is 7.63. The number of nitrogens with one attached hydrogen (secondary N) is 1. The van der Waals surface area contributed by atoms with Crippen molar-refractivity contribution in [3.8, 4) is 0 Å². The monoisotopic (exact) mass is 209 g/mol. The van der Waals surface area contributed by atoms with E-state index < -0.39 is 0 Å². The Morgan fingerprint density at radius 3 is 2.80 bits per heavy atom. The van der Waals surface area contributed by atoms with Gasteiger partial charge in [-0.3, -0.25) is 0 Å². The van der Waals surface area contributed by atoms with E-state index in [0.717, 1.165) is 31.3 Å². The van der Waals surface area contributed by atoms with Gasteiger partial charge in [-0.05, 0) is 38.3 Å². The second-order valence-electron chi connectivity index (χ2n) is 4.24. The van der Waals surface area contributed by atoms with Crippen molar-refractivity contribution in [3.05, 3.63) is 5.82 Å². The van der Waals surface area contributed by atoms with Crippen molar-refractivity contribution in [2.75, 3.05) is 18.8 Å². The lowest BCUT2D eigenvalue weighted by Gasteiger charge is -2.21. The molecule has 1 saturated heterocycles. The lowest BCUT2D eigenvalue weighted by atomic mass is 9.93. The van der Waals surface area contributed by atoms with Crippen LogP contribution in [0.1, 0.15) is 25.1 Å². The van der Waals surface area contributed by atoms with Gasteiger partial charge in [-0.15, -0.1) is 0 Å². The molecule has 0 bridgehead atoms. The first-order valence-corrected chi connectivity index (χ1v) is 5.62. The number of nitrogens with two attached hydrogens (primary N) is 1. The highest BCUT2D eigenvalue weighted by atomic mass is 15.4. The molecule has 1 aromatic rings. The smallest absolute Gasteiger partial charge is 0.218 e. The van der Waals surface area contributed by atoms with Crippen LogP contribution in [0.25, 0.3) is 0 Å². The van der Waals surface area contributed by atoms with E-state index in [-0.39, 0.29) is 0 Å². The Kier molecular flexibility index (Phi) is 3.20. The number of hydrogen-bond acceptors (Lipinski definition) is 4. The number of nitrogens with zero attached hydrogens (tertiary/aromatic N) is 3. The van der Waals surface area contributed by atoms with Gasteiger partial charge in [0, 0.05) is 13.5 Å². The zero-order chi connectivity index (χ0) is 10.7. The molecule has 0 unspecified atom stereocenters. The number of aryl methyl sites for hydroxylation is 2. The zero-order valence-corrected chi connectivity index (χ0v) is 9.24. The number of aromatic nitrogens is 3. The van der Waals surface area contributed by atoms with Crippen LogP contribution in [0.4, 0.5) is 5.95 Å². The SMILES string of the molecule is Cn1nc(CCC2CCNCC2)nc1N. The summed E-state index contributed by atoms with van der Waals surface area (Å²) in [6.07, 6.45) is 4.70. The van der Waals surface area contributed by atoms with Crippen molar-refractivity contribution in [3.63, 3.8) is 0 Å². The standard InChI is InChI=1S/C10H19N5/c1-15-10(11)13-9(14-15)3-2-8-4-6-12-7-5-8/h8,12H,2-7H2,1H3,(H2,11,13,14). The molecule has 2 heterocycles. The molecule has 1 fully saturated rings. The molecular weight excluding hydrogens is 190 g/mol. The second-order valence-corrected chi connectivity index (χ2v) is 4.24. The first kappa shape index (κ1) is 10.4. The van der Waals surface area contributed by atoms with Gasteiger partial charge < -0.3 is 11.1 Å². The van der Waals surface area contributed by atoms with E-state index in [9.17, 15) is 0 Å². The van der Waals surface area contributed by atoms with E-state index in [1.807, 2.05) is 7.05 Å². The molecule has 2 rings (SSSR count). The molecule has 1 aliphatic rings. The van der Waals surface area contributed by atoms with Crippen LogP contribution < -0.4 is 11.1 Å². The average Bonchev–Trinajstić information content (AvgIpc) is 2.57. The van der Waals surface area contributed by atoms with Gasteiger partial charge in [0.15, 0.2) is 5.82 Å². The third-order valence-electron chi connectivity index (χ3n) is 3.08. The fourth-order valence-corrected chi connectivity index (χ4v) is 2.06. The maximum absolute atomic E-state index is 5.63. The van der Waals surface area contributed by atoms with Crippen molar-refractivity contribution >= 4 is 5.95 Å². The minimum atomic E-state index is 0.510. The molecule has 0 aliphatic carbocycles. The number of hydrogen-bond donors (Lipinski definition) is 2. The van der Waals surface area contributed by atoms with E-state index in [0.29, 0.717) is 5.95 Å². The molecule has 0 saturated carbocycles. The van der Waals surface area contributed by atoms with E-state index in [4.69, 9.17) is 5.73 Å². The molecular formula is C10H19N5. The average molecular weight is 209 g/mol. The first-order chi connectivity index (χ1) is 7.25.